The average Bonchev–Trinajstić information content (AvgIpc) is 3.18. The molecule has 0 unspecified atom stereocenters. The fourth-order valence-corrected chi connectivity index (χ4v) is 5.05. The van der Waals surface area contributed by atoms with Gasteiger partial charge >= 0.3 is 0 Å². The molecule has 152 valence electrons. The second kappa shape index (κ2) is 8.13. The maximum absolute atomic E-state index is 12.2. The van der Waals surface area contributed by atoms with Gasteiger partial charge in [-0.25, -0.2) is 13.1 Å². The number of phenolic OH excluding ortho intramolecular Hbond substituents is 1. The number of nitrogens with two attached hydrogens (primary N) is 1. The van der Waals surface area contributed by atoms with E-state index in [4.69, 9.17) is 5.73 Å². The maximum Gasteiger partial charge on any atom is 0.266 e. The molecule has 2 heterocycles. The summed E-state index contributed by atoms with van der Waals surface area (Å²) in [5.41, 5.74) is 6.95. The highest BCUT2D eigenvalue weighted by Crippen LogP contribution is 2.39. The summed E-state index contributed by atoms with van der Waals surface area (Å²) in [4.78, 5) is 15.2. The number of aromatic nitrogens is 1. The zero-order valence-corrected chi connectivity index (χ0v) is 17.5. The van der Waals surface area contributed by atoms with Crippen molar-refractivity contribution >= 4 is 54.8 Å². The molecule has 4 rings (SSSR count). The molecule has 0 saturated heterocycles. The summed E-state index contributed by atoms with van der Waals surface area (Å²) in [6.07, 6.45) is 0. The van der Waals surface area contributed by atoms with Gasteiger partial charge < -0.3 is 15.8 Å². The van der Waals surface area contributed by atoms with Crippen LogP contribution in [-0.4, -0.2) is 31.6 Å². The molecule has 0 radical (unpaired) electrons. The molecule has 10 heteroatoms. The second-order valence-corrected chi connectivity index (χ2v) is 8.89. The number of halogens is 1. The molecule has 2 aromatic heterocycles. The highest BCUT2D eigenvalue weighted by Gasteiger charge is 2.17. The van der Waals surface area contributed by atoms with E-state index in [9.17, 15) is 18.3 Å². The van der Waals surface area contributed by atoms with Gasteiger partial charge in [0.25, 0.3) is 5.56 Å². The van der Waals surface area contributed by atoms with Gasteiger partial charge in [-0.1, -0.05) is 12.1 Å². The van der Waals surface area contributed by atoms with Crippen molar-refractivity contribution in [2.45, 2.75) is 4.90 Å². The second-order valence-electron chi connectivity index (χ2n) is 6.21. The van der Waals surface area contributed by atoms with Crippen LogP contribution in [0.4, 0.5) is 0 Å². The molecule has 5 N–H and O–H groups in total. The molecule has 0 amide bonds. The van der Waals surface area contributed by atoms with Crippen LogP contribution in [0.3, 0.4) is 0 Å². The van der Waals surface area contributed by atoms with Crippen LogP contribution >= 0.6 is 23.7 Å². The Morgan fingerprint density at radius 3 is 2.52 bits per heavy atom. The molecule has 0 bridgehead atoms. The van der Waals surface area contributed by atoms with Gasteiger partial charge in [-0.2, -0.15) is 0 Å². The molecule has 4 aromatic rings. The van der Waals surface area contributed by atoms with E-state index in [2.05, 4.69) is 9.71 Å². The minimum absolute atomic E-state index is 0. The van der Waals surface area contributed by atoms with Crippen LogP contribution in [0.2, 0.25) is 0 Å². The Morgan fingerprint density at radius 1 is 1.10 bits per heavy atom. The first kappa shape index (κ1) is 21.3. The van der Waals surface area contributed by atoms with Gasteiger partial charge in [0.1, 0.15) is 10.4 Å². The van der Waals surface area contributed by atoms with E-state index in [0.29, 0.717) is 26.7 Å². The minimum Gasteiger partial charge on any atom is -0.507 e. The van der Waals surface area contributed by atoms with Crippen molar-refractivity contribution in [1.29, 1.82) is 0 Å². The summed E-state index contributed by atoms with van der Waals surface area (Å²) in [6.45, 7) is 0.355. The summed E-state index contributed by atoms with van der Waals surface area (Å²) in [5.74, 6) is 0.0453. The topological polar surface area (TPSA) is 125 Å². The normalized spacial score (nSPS) is 11.6. The Hall–Kier alpha value is -2.43. The fourth-order valence-electron chi connectivity index (χ4n) is 3.21. The lowest BCUT2D eigenvalue weighted by Crippen LogP contribution is -2.29. The molecule has 7 nitrogen and oxygen atoms in total. The first-order valence-corrected chi connectivity index (χ1v) is 10.8. The number of hydrogen-bond acceptors (Lipinski definition) is 6. The summed E-state index contributed by atoms with van der Waals surface area (Å²) >= 11 is 1.33. The Morgan fingerprint density at radius 2 is 1.83 bits per heavy atom. The van der Waals surface area contributed by atoms with Crippen LogP contribution in [0.5, 0.6) is 5.75 Å². The molecular formula is C19H18ClN3O4S2. The highest BCUT2D eigenvalue weighted by molar-refractivity contribution is 7.89. The van der Waals surface area contributed by atoms with Gasteiger partial charge in [0, 0.05) is 34.9 Å². The van der Waals surface area contributed by atoms with Crippen LogP contribution in [0, 0.1) is 0 Å². The Bertz CT molecular complexity index is 1350. The van der Waals surface area contributed by atoms with Crippen molar-refractivity contribution in [3.63, 3.8) is 0 Å². The number of phenols is 1. The van der Waals surface area contributed by atoms with Crippen LogP contribution in [0.25, 0.3) is 32.1 Å². The van der Waals surface area contributed by atoms with Crippen molar-refractivity contribution in [3.05, 3.63) is 58.2 Å². The Balaban J connectivity index is 0.00000240. The number of fused-ring (bicyclic) bond motifs is 3. The summed E-state index contributed by atoms with van der Waals surface area (Å²) in [7, 11) is -3.64. The van der Waals surface area contributed by atoms with Gasteiger partial charge in [0.2, 0.25) is 10.0 Å². The van der Waals surface area contributed by atoms with Gasteiger partial charge in [-0.15, -0.1) is 23.7 Å². The Kier molecular flexibility index (Phi) is 5.97. The number of aromatic hydroxyl groups is 1. The van der Waals surface area contributed by atoms with Gasteiger partial charge in [0.05, 0.1) is 4.90 Å². The Labute approximate surface area is 176 Å². The molecular weight excluding hydrogens is 434 g/mol. The van der Waals surface area contributed by atoms with E-state index in [1.54, 1.807) is 18.2 Å². The zero-order valence-electron chi connectivity index (χ0n) is 15.0. The predicted octanol–water partition coefficient (Wildman–Crippen LogP) is 2.77. The number of pyridine rings is 1. The first-order chi connectivity index (χ1) is 13.4. The van der Waals surface area contributed by atoms with Gasteiger partial charge in [-0.3, -0.25) is 4.79 Å². The van der Waals surface area contributed by atoms with Crippen molar-refractivity contribution in [3.8, 4) is 16.9 Å². The van der Waals surface area contributed by atoms with Crippen molar-refractivity contribution in [2.24, 2.45) is 5.73 Å². The van der Waals surface area contributed by atoms with Crippen LogP contribution in [0.1, 0.15) is 0 Å². The van der Waals surface area contributed by atoms with Gasteiger partial charge in [0.15, 0.2) is 0 Å². The third-order valence-electron chi connectivity index (χ3n) is 4.46. The lowest BCUT2D eigenvalue weighted by molar-refractivity contribution is 0.478. The van der Waals surface area contributed by atoms with Crippen LogP contribution in [-0.2, 0) is 10.0 Å². The third kappa shape index (κ3) is 3.75. The van der Waals surface area contributed by atoms with Crippen molar-refractivity contribution in [2.75, 3.05) is 13.1 Å². The predicted molar refractivity (Wildman–Crippen MR) is 119 cm³/mol. The summed E-state index contributed by atoms with van der Waals surface area (Å²) in [6, 6.07) is 11.2. The van der Waals surface area contributed by atoms with E-state index in [1.807, 2.05) is 11.4 Å². The van der Waals surface area contributed by atoms with Crippen LogP contribution < -0.4 is 16.0 Å². The van der Waals surface area contributed by atoms with Crippen LogP contribution in [0.15, 0.2) is 57.5 Å². The molecule has 0 fully saturated rings. The molecule has 2 aromatic carbocycles. The monoisotopic (exact) mass is 451 g/mol. The number of H-pyrrole nitrogens is 1. The number of aromatic amines is 1. The lowest BCUT2D eigenvalue weighted by Gasteiger charge is -2.12. The number of rotatable bonds is 5. The number of thiophene rings is 1. The summed E-state index contributed by atoms with van der Waals surface area (Å²) < 4.78 is 27.5. The number of nitrogens with one attached hydrogen (secondary N) is 2. The number of benzene rings is 2. The smallest absolute Gasteiger partial charge is 0.266 e. The quantitative estimate of drug-likeness (QED) is 0.371. The van der Waals surface area contributed by atoms with Crippen molar-refractivity contribution in [1.82, 2.24) is 9.71 Å². The highest BCUT2D eigenvalue weighted by atomic mass is 35.5. The number of hydrogen-bond donors (Lipinski definition) is 4. The molecule has 29 heavy (non-hydrogen) atoms. The van der Waals surface area contributed by atoms with E-state index >= 15 is 0 Å². The maximum atomic E-state index is 12.2. The molecule has 0 aliphatic rings. The largest absolute Gasteiger partial charge is 0.507 e. The first-order valence-electron chi connectivity index (χ1n) is 8.47. The van der Waals surface area contributed by atoms with E-state index < -0.39 is 10.0 Å². The third-order valence-corrected chi connectivity index (χ3v) is 6.85. The van der Waals surface area contributed by atoms with E-state index in [1.165, 1.54) is 29.5 Å². The zero-order chi connectivity index (χ0) is 19.9. The molecule has 0 aliphatic carbocycles. The van der Waals surface area contributed by atoms with E-state index in [-0.39, 0.29) is 41.7 Å². The summed E-state index contributed by atoms with van der Waals surface area (Å²) in [5, 5.41) is 13.8. The van der Waals surface area contributed by atoms with Crippen molar-refractivity contribution < 1.29 is 13.5 Å². The SMILES string of the molecule is Cl.NCCNS(=O)(=O)c1ccc(-c2c(O)ccc3[nH]c(=O)c4sccc4c23)cc1. The minimum atomic E-state index is -3.64. The van der Waals surface area contributed by atoms with Gasteiger partial charge in [-0.05, 0) is 41.3 Å². The number of sulfonamides is 1. The van der Waals surface area contributed by atoms with E-state index in [0.717, 1.165) is 5.39 Å². The fraction of sp³-hybridized carbons (Fsp3) is 0.105. The molecule has 0 spiro atoms. The lowest BCUT2D eigenvalue weighted by atomic mass is 9.97. The average molecular weight is 452 g/mol. The molecule has 0 saturated carbocycles. The molecule has 0 aliphatic heterocycles. The molecule has 0 atom stereocenters. The standard InChI is InChI=1S/C19H17N3O4S2.ClH/c20-8-9-21-28(25,26)12-3-1-11(2-4-12)16-15(23)6-5-14-17(16)13-7-10-27-18(13)19(24)22-14;/h1-7,10,21,23H,8-9,20H2,(H,22,24);1H.